The van der Waals surface area contributed by atoms with Gasteiger partial charge < -0.3 is 9.84 Å². The summed E-state index contributed by atoms with van der Waals surface area (Å²) in [4.78, 5) is 16.5. The lowest BCUT2D eigenvalue weighted by molar-refractivity contribution is -0.120. The second kappa shape index (κ2) is 8.48. The molecule has 0 aliphatic heterocycles. The zero-order valence-electron chi connectivity index (χ0n) is 13.9. The van der Waals surface area contributed by atoms with Crippen LogP contribution in [0.5, 0.6) is 0 Å². The molecular formula is C19H19N3O2S. The number of benzene rings is 2. The second-order valence-electron chi connectivity index (χ2n) is 5.53. The number of carbonyl (C=O) groups is 1. The van der Waals surface area contributed by atoms with E-state index < -0.39 is 0 Å². The summed E-state index contributed by atoms with van der Waals surface area (Å²) in [6, 6.07) is 19.7. The van der Waals surface area contributed by atoms with Gasteiger partial charge in [0, 0.05) is 11.3 Å². The maximum Gasteiger partial charge on any atom is 0.246 e. The van der Waals surface area contributed by atoms with Crippen molar-refractivity contribution in [1.82, 2.24) is 15.5 Å². The minimum atomic E-state index is -0.156. The first-order valence-electron chi connectivity index (χ1n) is 8.03. The van der Waals surface area contributed by atoms with E-state index in [4.69, 9.17) is 4.52 Å². The summed E-state index contributed by atoms with van der Waals surface area (Å²) in [7, 11) is 0. The molecule has 1 aromatic heterocycles. The first kappa shape index (κ1) is 17.2. The molecule has 0 saturated heterocycles. The fourth-order valence-electron chi connectivity index (χ4n) is 2.21. The van der Waals surface area contributed by atoms with Crippen molar-refractivity contribution in [1.29, 1.82) is 0 Å². The molecule has 5 nitrogen and oxygen atoms in total. The molecule has 0 radical (unpaired) electrons. The molecule has 1 heterocycles. The standard InChI is InChI=1S/C19H19N3O2S/c1-14(25-13-15-8-4-2-5-9-15)19(23)20-12-17-21-18(22-24-17)16-10-6-3-7-11-16/h2-11,14H,12-13H2,1H3,(H,20,23). The zero-order chi connectivity index (χ0) is 17.5. The van der Waals surface area contributed by atoms with E-state index in [1.54, 1.807) is 11.8 Å². The molecule has 0 bridgehead atoms. The molecule has 6 heteroatoms. The van der Waals surface area contributed by atoms with Gasteiger partial charge in [-0.1, -0.05) is 65.8 Å². The van der Waals surface area contributed by atoms with Crippen molar-refractivity contribution in [2.24, 2.45) is 0 Å². The molecule has 25 heavy (non-hydrogen) atoms. The largest absolute Gasteiger partial charge is 0.346 e. The van der Waals surface area contributed by atoms with Crippen LogP contribution in [-0.2, 0) is 17.1 Å². The van der Waals surface area contributed by atoms with Crippen LogP contribution in [0.25, 0.3) is 11.4 Å². The highest BCUT2D eigenvalue weighted by atomic mass is 32.2. The van der Waals surface area contributed by atoms with Crippen molar-refractivity contribution in [3.8, 4) is 11.4 Å². The summed E-state index contributed by atoms with van der Waals surface area (Å²) < 4.78 is 5.20. The Balaban J connectivity index is 1.48. The fourth-order valence-corrected chi connectivity index (χ4v) is 3.08. The second-order valence-corrected chi connectivity index (χ2v) is 6.86. The number of amides is 1. The summed E-state index contributed by atoms with van der Waals surface area (Å²) in [5.41, 5.74) is 2.09. The van der Waals surface area contributed by atoms with Crippen LogP contribution >= 0.6 is 11.8 Å². The van der Waals surface area contributed by atoms with Crippen LogP contribution in [0.4, 0.5) is 0 Å². The number of nitrogens with zero attached hydrogens (tertiary/aromatic N) is 2. The van der Waals surface area contributed by atoms with Crippen LogP contribution < -0.4 is 5.32 Å². The van der Waals surface area contributed by atoms with Crippen LogP contribution in [-0.4, -0.2) is 21.3 Å². The molecule has 128 valence electrons. The van der Waals surface area contributed by atoms with Crippen molar-refractivity contribution in [2.75, 3.05) is 0 Å². The van der Waals surface area contributed by atoms with E-state index >= 15 is 0 Å². The highest BCUT2D eigenvalue weighted by molar-refractivity contribution is 7.99. The summed E-state index contributed by atoms with van der Waals surface area (Å²) in [5, 5.41) is 6.63. The predicted molar refractivity (Wildman–Crippen MR) is 98.8 cm³/mol. The Morgan fingerprint density at radius 3 is 2.52 bits per heavy atom. The smallest absolute Gasteiger partial charge is 0.246 e. The lowest BCUT2D eigenvalue weighted by Gasteiger charge is -2.10. The van der Waals surface area contributed by atoms with Gasteiger partial charge in [0.15, 0.2) is 0 Å². The van der Waals surface area contributed by atoms with Crippen molar-refractivity contribution in [3.63, 3.8) is 0 Å². The molecule has 0 aliphatic carbocycles. The number of nitrogens with one attached hydrogen (secondary N) is 1. The van der Waals surface area contributed by atoms with Gasteiger partial charge in [0.05, 0.1) is 11.8 Å². The van der Waals surface area contributed by atoms with Gasteiger partial charge in [-0.2, -0.15) is 4.98 Å². The van der Waals surface area contributed by atoms with Gasteiger partial charge in [0.25, 0.3) is 0 Å². The Morgan fingerprint density at radius 2 is 1.80 bits per heavy atom. The maximum atomic E-state index is 12.2. The number of carbonyl (C=O) groups excluding carboxylic acids is 1. The molecular weight excluding hydrogens is 334 g/mol. The number of aromatic nitrogens is 2. The van der Waals surface area contributed by atoms with Crippen molar-refractivity contribution in [3.05, 3.63) is 72.1 Å². The van der Waals surface area contributed by atoms with E-state index in [1.807, 2.05) is 55.5 Å². The molecule has 3 rings (SSSR count). The lowest BCUT2D eigenvalue weighted by Crippen LogP contribution is -2.30. The van der Waals surface area contributed by atoms with Crippen molar-refractivity contribution in [2.45, 2.75) is 24.5 Å². The van der Waals surface area contributed by atoms with Gasteiger partial charge in [0.1, 0.15) is 0 Å². The third-order valence-electron chi connectivity index (χ3n) is 3.63. The van der Waals surface area contributed by atoms with Gasteiger partial charge in [-0.15, -0.1) is 11.8 Å². The van der Waals surface area contributed by atoms with E-state index in [1.165, 1.54) is 5.56 Å². The van der Waals surface area contributed by atoms with Crippen molar-refractivity contribution < 1.29 is 9.32 Å². The average Bonchev–Trinajstić information content (AvgIpc) is 3.15. The zero-order valence-corrected chi connectivity index (χ0v) is 14.7. The molecule has 1 amide bonds. The van der Waals surface area contributed by atoms with E-state index in [2.05, 4.69) is 27.6 Å². The quantitative estimate of drug-likeness (QED) is 0.702. The maximum absolute atomic E-state index is 12.2. The van der Waals surface area contributed by atoms with Gasteiger partial charge in [-0.3, -0.25) is 4.79 Å². The highest BCUT2D eigenvalue weighted by Crippen LogP contribution is 2.18. The predicted octanol–water partition coefficient (Wildman–Crippen LogP) is 3.67. The highest BCUT2D eigenvalue weighted by Gasteiger charge is 2.15. The minimum absolute atomic E-state index is 0.0413. The van der Waals surface area contributed by atoms with Gasteiger partial charge >= 0.3 is 0 Å². The molecule has 2 aromatic carbocycles. The fraction of sp³-hybridized carbons (Fsp3) is 0.211. The van der Waals surface area contributed by atoms with Crippen LogP contribution in [0.3, 0.4) is 0 Å². The lowest BCUT2D eigenvalue weighted by atomic mass is 10.2. The summed E-state index contributed by atoms with van der Waals surface area (Å²) in [6.07, 6.45) is 0. The van der Waals surface area contributed by atoms with Gasteiger partial charge in [0.2, 0.25) is 17.6 Å². The third kappa shape index (κ3) is 4.93. The monoisotopic (exact) mass is 353 g/mol. The number of hydrogen-bond acceptors (Lipinski definition) is 5. The average molecular weight is 353 g/mol. The number of hydrogen-bond donors (Lipinski definition) is 1. The Kier molecular flexibility index (Phi) is 5.85. The molecule has 0 saturated carbocycles. The normalized spacial score (nSPS) is 11.9. The van der Waals surface area contributed by atoms with E-state index in [0.717, 1.165) is 11.3 Å². The Labute approximate surface area is 150 Å². The number of thioether (sulfide) groups is 1. The topological polar surface area (TPSA) is 68.0 Å². The minimum Gasteiger partial charge on any atom is -0.346 e. The Hall–Kier alpha value is -2.60. The Morgan fingerprint density at radius 1 is 1.12 bits per heavy atom. The van der Waals surface area contributed by atoms with Gasteiger partial charge in [-0.05, 0) is 12.5 Å². The SMILES string of the molecule is CC(SCc1ccccc1)C(=O)NCc1nc(-c2ccccc2)no1. The van der Waals surface area contributed by atoms with E-state index in [-0.39, 0.29) is 17.7 Å². The first-order valence-corrected chi connectivity index (χ1v) is 9.08. The van der Waals surface area contributed by atoms with Crippen LogP contribution in [0, 0.1) is 0 Å². The molecule has 0 aliphatic rings. The van der Waals surface area contributed by atoms with Crippen molar-refractivity contribution >= 4 is 17.7 Å². The van der Waals surface area contributed by atoms with Crippen LogP contribution in [0.15, 0.2) is 65.2 Å². The third-order valence-corrected chi connectivity index (χ3v) is 4.84. The molecule has 3 aromatic rings. The molecule has 1 unspecified atom stereocenters. The number of rotatable bonds is 7. The summed E-state index contributed by atoms with van der Waals surface area (Å²) >= 11 is 1.60. The summed E-state index contributed by atoms with van der Waals surface area (Å²) in [5.74, 6) is 1.68. The Bertz CT molecular complexity index is 806. The molecule has 1 N–H and O–H groups in total. The summed E-state index contributed by atoms with van der Waals surface area (Å²) in [6.45, 7) is 2.13. The van der Waals surface area contributed by atoms with Crippen LogP contribution in [0.2, 0.25) is 0 Å². The van der Waals surface area contributed by atoms with E-state index in [9.17, 15) is 4.79 Å². The van der Waals surface area contributed by atoms with Crippen LogP contribution in [0.1, 0.15) is 18.4 Å². The van der Waals surface area contributed by atoms with E-state index in [0.29, 0.717) is 11.7 Å². The molecule has 0 fully saturated rings. The molecule has 0 spiro atoms. The molecule has 1 atom stereocenters. The first-order chi connectivity index (χ1) is 12.2. The van der Waals surface area contributed by atoms with Gasteiger partial charge in [-0.25, -0.2) is 0 Å².